The number of methoxy groups -OCH3 is 2. The number of hydrogen-bond donors (Lipinski definition) is 1. The Bertz CT molecular complexity index is 521. The molecule has 0 saturated carbocycles. The van der Waals surface area contributed by atoms with Crippen LogP contribution >= 0.6 is 24.0 Å². The van der Waals surface area contributed by atoms with Gasteiger partial charge < -0.3 is 19.7 Å². The number of guanidine groups is 1. The number of hydrogen-bond acceptors (Lipinski definition) is 3. The van der Waals surface area contributed by atoms with E-state index in [2.05, 4.69) is 30.8 Å². The summed E-state index contributed by atoms with van der Waals surface area (Å²) >= 11 is 0. The minimum atomic E-state index is 0. The molecule has 1 N–H and O–H groups in total. The third-order valence-electron chi connectivity index (χ3n) is 3.49. The number of benzene rings is 1. The lowest BCUT2D eigenvalue weighted by Gasteiger charge is -2.22. The van der Waals surface area contributed by atoms with E-state index < -0.39 is 0 Å². The molecule has 1 aromatic rings. The van der Waals surface area contributed by atoms with Gasteiger partial charge in [0.15, 0.2) is 5.96 Å². The second kappa shape index (κ2) is 12.9. The van der Waals surface area contributed by atoms with Gasteiger partial charge in [-0.2, -0.15) is 0 Å². The lowest BCUT2D eigenvalue weighted by Crippen LogP contribution is -2.39. The first kappa shape index (κ1) is 22.6. The van der Waals surface area contributed by atoms with Crippen molar-refractivity contribution in [1.82, 2.24) is 10.2 Å². The maximum atomic E-state index is 5.43. The van der Waals surface area contributed by atoms with E-state index in [0.29, 0.717) is 6.54 Å². The minimum Gasteiger partial charge on any atom is -0.497 e. The molecule has 6 heteroatoms. The molecule has 0 aliphatic heterocycles. The first-order valence-corrected chi connectivity index (χ1v) is 7.97. The molecule has 0 spiro atoms. The van der Waals surface area contributed by atoms with Gasteiger partial charge >= 0.3 is 0 Å². The van der Waals surface area contributed by atoms with Crippen molar-refractivity contribution in [3.8, 4) is 11.5 Å². The number of nitrogens with one attached hydrogen (secondary N) is 1. The molecule has 0 atom stereocenters. The number of rotatable bonds is 9. The Balaban J connectivity index is 0.00000529. The Morgan fingerprint density at radius 3 is 2.67 bits per heavy atom. The second-order valence-electron chi connectivity index (χ2n) is 5.20. The molecule has 1 aromatic carbocycles. The van der Waals surface area contributed by atoms with Gasteiger partial charge in [-0.25, -0.2) is 4.99 Å². The predicted octanol–water partition coefficient (Wildman–Crippen LogP) is 3.69. The molecular formula is C18H30IN3O2. The van der Waals surface area contributed by atoms with Gasteiger partial charge in [0, 0.05) is 31.8 Å². The zero-order valence-corrected chi connectivity index (χ0v) is 17.5. The lowest BCUT2D eigenvalue weighted by atomic mass is 10.2. The van der Waals surface area contributed by atoms with Crippen molar-refractivity contribution in [3.05, 3.63) is 36.4 Å². The Hall–Kier alpha value is -1.44. The van der Waals surface area contributed by atoms with Crippen molar-refractivity contribution < 1.29 is 9.47 Å². The third kappa shape index (κ3) is 7.42. The zero-order valence-electron chi connectivity index (χ0n) is 15.2. The van der Waals surface area contributed by atoms with Crippen molar-refractivity contribution >= 4 is 29.9 Å². The summed E-state index contributed by atoms with van der Waals surface area (Å²) in [6.45, 7) is 8.17. The van der Waals surface area contributed by atoms with Crippen molar-refractivity contribution in [2.75, 3.05) is 34.4 Å². The number of nitrogens with zero attached hydrogens (tertiary/aromatic N) is 2. The van der Waals surface area contributed by atoms with Gasteiger partial charge in [0.1, 0.15) is 11.5 Å². The molecule has 136 valence electrons. The van der Waals surface area contributed by atoms with Crippen LogP contribution in [0.3, 0.4) is 0 Å². The normalized spacial score (nSPS) is 10.6. The molecule has 0 unspecified atom stereocenters. The predicted molar refractivity (Wildman–Crippen MR) is 112 cm³/mol. The van der Waals surface area contributed by atoms with Crippen LogP contribution in [-0.4, -0.2) is 45.2 Å². The highest BCUT2D eigenvalue weighted by molar-refractivity contribution is 14.0. The van der Waals surface area contributed by atoms with Crippen molar-refractivity contribution in [3.63, 3.8) is 0 Å². The van der Waals surface area contributed by atoms with Crippen LogP contribution in [0.15, 0.2) is 35.8 Å². The standard InChI is InChI=1S/C18H29N3O2.HI/c1-6-8-9-12-21(3)18(19-7-2)20-14-15-10-11-16(22-4)13-17(15)23-5;/h6,10-11,13H,1,7-9,12,14H2,2-5H3,(H,19,20);1H. The van der Waals surface area contributed by atoms with Crippen LogP contribution in [0.5, 0.6) is 11.5 Å². The molecule has 0 bridgehead atoms. The number of ether oxygens (including phenoxy) is 2. The number of halogens is 1. The molecular weight excluding hydrogens is 417 g/mol. The van der Waals surface area contributed by atoms with Gasteiger partial charge in [0.05, 0.1) is 20.8 Å². The molecule has 5 nitrogen and oxygen atoms in total. The van der Waals surface area contributed by atoms with Gasteiger partial charge in [0.25, 0.3) is 0 Å². The van der Waals surface area contributed by atoms with Gasteiger partial charge in [-0.05, 0) is 31.9 Å². The Morgan fingerprint density at radius 2 is 2.08 bits per heavy atom. The minimum absolute atomic E-state index is 0. The largest absolute Gasteiger partial charge is 0.497 e. The Morgan fingerprint density at radius 1 is 1.33 bits per heavy atom. The highest BCUT2D eigenvalue weighted by Gasteiger charge is 2.08. The topological polar surface area (TPSA) is 46.1 Å². The summed E-state index contributed by atoms with van der Waals surface area (Å²) in [4.78, 5) is 6.85. The number of allylic oxidation sites excluding steroid dienone is 1. The molecule has 1 rings (SSSR count). The fraction of sp³-hybridized carbons (Fsp3) is 0.500. The summed E-state index contributed by atoms with van der Waals surface area (Å²) in [6, 6.07) is 5.79. The lowest BCUT2D eigenvalue weighted by molar-refractivity contribution is 0.391. The summed E-state index contributed by atoms with van der Waals surface area (Å²) < 4.78 is 10.7. The number of unbranched alkanes of at least 4 members (excludes halogenated alkanes) is 1. The number of aliphatic imine (C=N–C) groups is 1. The average molecular weight is 447 g/mol. The van der Waals surface area contributed by atoms with Crippen LogP contribution in [-0.2, 0) is 6.54 Å². The molecule has 0 heterocycles. The maximum absolute atomic E-state index is 5.43. The van der Waals surface area contributed by atoms with Crippen molar-refractivity contribution in [2.45, 2.75) is 26.3 Å². The van der Waals surface area contributed by atoms with Crippen LogP contribution in [0, 0.1) is 0 Å². The van der Waals surface area contributed by atoms with Gasteiger partial charge in [-0.1, -0.05) is 6.08 Å². The molecule has 24 heavy (non-hydrogen) atoms. The third-order valence-corrected chi connectivity index (χ3v) is 3.49. The summed E-state index contributed by atoms with van der Waals surface area (Å²) in [5.41, 5.74) is 1.03. The molecule has 0 aromatic heterocycles. The zero-order chi connectivity index (χ0) is 17.1. The second-order valence-corrected chi connectivity index (χ2v) is 5.20. The van der Waals surface area contributed by atoms with Gasteiger partial charge in [-0.3, -0.25) is 0 Å². The fourth-order valence-corrected chi connectivity index (χ4v) is 2.19. The maximum Gasteiger partial charge on any atom is 0.193 e. The monoisotopic (exact) mass is 447 g/mol. The van der Waals surface area contributed by atoms with Crippen LogP contribution in [0.4, 0.5) is 0 Å². The first-order valence-electron chi connectivity index (χ1n) is 7.97. The molecule has 0 amide bonds. The summed E-state index contributed by atoms with van der Waals surface area (Å²) in [7, 11) is 5.36. The Kier molecular flexibility index (Phi) is 12.1. The van der Waals surface area contributed by atoms with Gasteiger partial charge in [-0.15, -0.1) is 30.6 Å². The SMILES string of the molecule is C=CCCCN(C)C(=NCc1ccc(OC)cc1OC)NCC.I. The fourth-order valence-electron chi connectivity index (χ4n) is 2.19. The van der Waals surface area contributed by atoms with E-state index in [0.717, 1.165) is 49.0 Å². The van der Waals surface area contributed by atoms with E-state index in [4.69, 9.17) is 14.5 Å². The van der Waals surface area contributed by atoms with E-state index >= 15 is 0 Å². The van der Waals surface area contributed by atoms with Crippen LogP contribution < -0.4 is 14.8 Å². The first-order chi connectivity index (χ1) is 11.2. The summed E-state index contributed by atoms with van der Waals surface area (Å²) in [5, 5.41) is 3.32. The van der Waals surface area contributed by atoms with E-state index in [-0.39, 0.29) is 24.0 Å². The van der Waals surface area contributed by atoms with E-state index in [9.17, 15) is 0 Å². The van der Waals surface area contributed by atoms with E-state index in [1.165, 1.54) is 0 Å². The highest BCUT2D eigenvalue weighted by atomic mass is 127. The molecule has 0 aliphatic carbocycles. The molecule has 0 radical (unpaired) electrons. The molecule has 0 fully saturated rings. The van der Waals surface area contributed by atoms with Crippen LogP contribution in [0.2, 0.25) is 0 Å². The summed E-state index contributed by atoms with van der Waals surface area (Å²) in [6.07, 6.45) is 4.02. The smallest absolute Gasteiger partial charge is 0.193 e. The van der Waals surface area contributed by atoms with E-state index in [1.807, 2.05) is 24.3 Å². The van der Waals surface area contributed by atoms with Crippen LogP contribution in [0.25, 0.3) is 0 Å². The highest BCUT2D eigenvalue weighted by Crippen LogP contribution is 2.25. The van der Waals surface area contributed by atoms with Crippen molar-refractivity contribution in [1.29, 1.82) is 0 Å². The molecule has 0 saturated heterocycles. The molecule has 0 aliphatic rings. The van der Waals surface area contributed by atoms with Crippen molar-refractivity contribution in [2.24, 2.45) is 4.99 Å². The average Bonchev–Trinajstić information content (AvgIpc) is 2.58. The Labute approximate surface area is 163 Å². The summed E-state index contributed by atoms with van der Waals surface area (Å²) in [5.74, 6) is 2.47. The van der Waals surface area contributed by atoms with Crippen LogP contribution in [0.1, 0.15) is 25.3 Å². The van der Waals surface area contributed by atoms with Gasteiger partial charge in [0.2, 0.25) is 0 Å². The van der Waals surface area contributed by atoms with E-state index in [1.54, 1.807) is 14.2 Å². The quantitative estimate of drug-likeness (QED) is 0.206.